The van der Waals surface area contributed by atoms with E-state index < -0.39 is 5.60 Å². The van der Waals surface area contributed by atoms with Crippen LogP contribution in [0.1, 0.15) is 17.5 Å². The Bertz CT molecular complexity index is 711. The molecule has 1 aromatic carbocycles. The number of aliphatic hydroxyl groups is 2. The van der Waals surface area contributed by atoms with Crippen LogP contribution >= 0.6 is 0 Å². The Balaban J connectivity index is 1.95. The highest BCUT2D eigenvalue weighted by atomic mass is 16.5. The predicted octanol–water partition coefficient (Wildman–Crippen LogP) is 0.959. The molecule has 2 aromatic rings. The average Bonchev–Trinajstić information content (AvgIpc) is 2.94. The van der Waals surface area contributed by atoms with Gasteiger partial charge in [0.15, 0.2) is 0 Å². The Labute approximate surface area is 129 Å². The van der Waals surface area contributed by atoms with Crippen LogP contribution < -0.4 is 5.32 Å². The third-order valence-corrected chi connectivity index (χ3v) is 5.45. The van der Waals surface area contributed by atoms with Crippen LogP contribution in [-0.2, 0) is 23.5 Å². The molecule has 118 valence electrons. The summed E-state index contributed by atoms with van der Waals surface area (Å²) >= 11 is 0. The smallest absolute Gasteiger partial charge is 0.119 e. The number of fused-ring (bicyclic) bond motifs is 2. The molecule has 5 heteroatoms. The molecule has 1 aliphatic heterocycles. The lowest BCUT2D eigenvalue weighted by molar-refractivity contribution is -0.0884. The van der Waals surface area contributed by atoms with E-state index in [1.54, 1.807) is 7.11 Å². The normalized spacial score (nSPS) is 30.5. The summed E-state index contributed by atoms with van der Waals surface area (Å²) in [6.45, 7) is 0.973. The second-order valence-electron chi connectivity index (χ2n) is 6.48. The molecule has 3 N–H and O–H groups in total. The van der Waals surface area contributed by atoms with Crippen molar-refractivity contribution in [3.05, 3.63) is 35.5 Å². The van der Waals surface area contributed by atoms with E-state index in [9.17, 15) is 10.2 Å². The molecule has 2 aliphatic rings. The minimum absolute atomic E-state index is 0.0166. The van der Waals surface area contributed by atoms with Crippen LogP contribution in [0.25, 0.3) is 10.9 Å². The van der Waals surface area contributed by atoms with Crippen molar-refractivity contribution in [2.45, 2.75) is 31.2 Å². The van der Waals surface area contributed by atoms with Crippen molar-refractivity contribution < 1.29 is 14.9 Å². The minimum atomic E-state index is -0.403. The minimum Gasteiger partial charge on any atom is -0.396 e. The molecule has 0 amide bonds. The number of hydrogen-bond donors (Lipinski definition) is 3. The maximum atomic E-state index is 9.60. The van der Waals surface area contributed by atoms with E-state index in [0.29, 0.717) is 0 Å². The number of ether oxygens (including phenoxy) is 1. The molecular formula is C17H22N2O3. The van der Waals surface area contributed by atoms with E-state index in [-0.39, 0.29) is 25.3 Å². The zero-order valence-electron chi connectivity index (χ0n) is 12.7. The van der Waals surface area contributed by atoms with Gasteiger partial charge < -0.3 is 24.8 Å². The number of nitrogens with zero attached hydrogens (tertiary/aromatic N) is 1. The maximum absolute atomic E-state index is 9.60. The number of aliphatic hydroxyl groups excluding tert-OH is 2. The van der Waals surface area contributed by atoms with Crippen molar-refractivity contribution in [3.8, 4) is 0 Å². The Morgan fingerprint density at radius 1 is 1.41 bits per heavy atom. The quantitative estimate of drug-likeness (QED) is 0.790. The number of rotatable bonds is 3. The van der Waals surface area contributed by atoms with Crippen LogP contribution in [0.4, 0.5) is 0 Å². The third kappa shape index (κ3) is 1.74. The summed E-state index contributed by atoms with van der Waals surface area (Å²) in [5.74, 6) is 0.202. The molecule has 1 saturated heterocycles. The van der Waals surface area contributed by atoms with Crippen LogP contribution in [0.5, 0.6) is 0 Å². The van der Waals surface area contributed by atoms with Gasteiger partial charge in [-0.15, -0.1) is 0 Å². The first-order valence-corrected chi connectivity index (χ1v) is 7.85. The summed E-state index contributed by atoms with van der Waals surface area (Å²) < 4.78 is 7.95. The third-order valence-electron chi connectivity index (χ3n) is 5.45. The van der Waals surface area contributed by atoms with Crippen molar-refractivity contribution >= 4 is 10.9 Å². The van der Waals surface area contributed by atoms with Gasteiger partial charge in [0.25, 0.3) is 0 Å². The topological polar surface area (TPSA) is 66.7 Å². The monoisotopic (exact) mass is 302 g/mol. The molecule has 1 aromatic heterocycles. The van der Waals surface area contributed by atoms with Crippen molar-refractivity contribution in [1.29, 1.82) is 0 Å². The van der Waals surface area contributed by atoms with Gasteiger partial charge in [-0.2, -0.15) is 0 Å². The molecule has 0 bridgehead atoms. The van der Waals surface area contributed by atoms with Crippen molar-refractivity contribution in [3.63, 3.8) is 0 Å². The Kier molecular flexibility index (Phi) is 3.27. The molecule has 4 rings (SSSR count). The summed E-state index contributed by atoms with van der Waals surface area (Å²) in [5, 5.41) is 24.0. The van der Waals surface area contributed by atoms with Crippen LogP contribution in [0.2, 0.25) is 0 Å². The number of aromatic nitrogens is 1. The zero-order chi connectivity index (χ0) is 15.3. The van der Waals surface area contributed by atoms with Gasteiger partial charge in [-0.3, -0.25) is 0 Å². The number of methoxy groups -OCH3 is 1. The fraction of sp³-hybridized carbons (Fsp3) is 0.529. The molecule has 1 aliphatic carbocycles. The van der Waals surface area contributed by atoms with Crippen molar-refractivity contribution in [2.75, 3.05) is 20.3 Å². The van der Waals surface area contributed by atoms with Gasteiger partial charge in [-0.1, -0.05) is 12.1 Å². The summed E-state index contributed by atoms with van der Waals surface area (Å²) in [6.07, 6.45) is 3.75. The predicted molar refractivity (Wildman–Crippen MR) is 83.5 cm³/mol. The van der Waals surface area contributed by atoms with E-state index in [1.165, 1.54) is 16.5 Å². The molecule has 0 saturated carbocycles. The molecule has 22 heavy (non-hydrogen) atoms. The van der Waals surface area contributed by atoms with Gasteiger partial charge >= 0.3 is 0 Å². The zero-order valence-corrected chi connectivity index (χ0v) is 12.7. The highest BCUT2D eigenvalue weighted by Gasteiger charge is 2.49. The van der Waals surface area contributed by atoms with Crippen molar-refractivity contribution in [1.82, 2.24) is 9.88 Å². The van der Waals surface area contributed by atoms with Crippen LogP contribution in [0.3, 0.4) is 0 Å². The first kappa shape index (κ1) is 14.2. The summed E-state index contributed by atoms with van der Waals surface area (Å²) in [4.78, 5) is 0. The lowest BCUT2D eigenvalue weighted by atomic mass is 9.69. The lowest BCUT2D eigenvalue weighted by Gasteiger charge is -2.49. The SMILES string of the molecule is CO[C@]12CC(CO)CN[C@@H]1Cc1cn(CO)c3cccc2c13. The summed E-state index contributed by atoms with van der Waals surface area (Å²) in [7, 11) is 1.77. The van der Waals surface area contributed by atoms with Gasteiger partial charge in [0.2, 0.25) is 0 Å². The summed E-state index contributed by atoms with van der Waals surface area (Å²) in [6, 6.07) is 6.40. The number of piperidine rings is 1. The van der Waals surface area contributed by atoms with Gasteiger partial charge in [0.1, 0.15) is 12.3 Å². The van der Waals surface area contributed by atoms with E-state index >= 15 is 0 Å². The average molecular weight is 302 g/mol. The highest BCUT2D eigenvalue weighted by molar-refractivity contribution is 5.89. The molecule has 0 spiro atoms. The van der Waals surface area contributed by atoms with Crippen molar-refractivity contribution in [2.24, 2.45) is 5.92 Å². The second-order valence-corrected chi connectivity index (χ2v) is 6.48. The first-order valence-electron chi connectivity index (χ1n) is 7.85. The molecule has 1 unspecified atom stereocenters. The van der Waals surface area contributed by atoms with Crippen LogP contribution in [0.15, 0.2) is 24.4 Å². The van der Waals surface area contributed by atoms with Crippen LogP contribution in [0, 0.1) is 5.92 Å². The van der Waals surface area contributed by atoms with E-state index in [0.717, 1.165) is 24.9 Å². The Morgan fingerprint density at radius 2 is 2.27 bits per heavy atom. The lowest BCUT2D eigenvalue weighted by Crippen LogP contribution is -2.59. The van der Waals surface area contributed by atoms with E-state index in [2.05, 4.69) is 11.4 Å². The highest BCUT2D eigenvalue weighted by Crippen LogP contribution is 2.47. The standard InChI is InChI=1S/C17H22N2O3/c1-22-17-6-11(9-20)7-18-15(17)5-12-8-19(10-21)14-4-2-3-13(17)16(12)14/h2-4,8,11,15,18,20-21H,5-7,9-10H2,1H3/t11?,15-,17+/m1/s1. The molecule has 0 radical (unpaired) electrons. The Hall–Kier alpha value is -1.40. The van der Waals surface area contributed by atoms with Crippen LogP contribution in [-0.4, -0.2) is 41.1 Å². The number of nitrogens with one attached hydrogen (secondary N) is 1. The fourth-order valence-electron chi connectivity index (χ4n) is 4.40. The van der Waals surface area contributed by atoms with E-state index in [4.69, 9.17) is 4.74 Å². The number of hydrogen-bond acceptors (Lipinski definition) is 4. The fourth-order valence-corrected chi connectivity index (χ4v) is 4.40. The Morgan fingerprint density at radius 3 is 3.00 bits per heavy atom. The molecule has 1 fully saturated rings. The molecule has 3 atom stereocenters. The van der Waals surface area contributed by atoms with Gasteiger partial charge in [0, 0.05) is 37.9 Å². The largest absolute Gasteiger partial charge is 0.396 e. The second kappa shape index (κ2) is 5.06. The van der Waals surface area contributed by atoms with E-state index in [1.807, 2.05) is 22.9 Å². The first-order chi connectivity index (χ1) is 10.7. The maximum Gasteiger partial charge on any atom is 0.119 e. The molecule has 5 nitrogen and oxygen atoms in total. The van der Waals surface area contributed by atoms with Gasteiger partial charge in [-0.25, -0.2) is 0 Å². The number of benzene rings is 1. The molecular weight excluding hydrogens is 280 g/mol. The van der Waals surface area contributed by atoms with Gasteiger partial charge in [0.05, 0.1) is 5.52 Å². The van der Waals surface area contributed by atoms with Gasteiger partial charge in [-0.05, 0) is 36.0 Å². The molecule has 2 heterocycles. The summed E-state index contributed by atoms with van der Waals surface area (Å²) in [5.41, 5.74) is 3.08.